The average molecular weight is 398 g/mol. The maximum absolute atomic E-state index is 12.4. The van der Waals surface area contributed by atoms with Gasteiger partial charge in [-0.3, -0.25) is 19.3 Å². The highest BCUT2D eigenvalue weighted by atomic mass is 16.5. The summed E-state index contributed by atoms with van der Waals surface area (Å²) in [6, 6.07) is 6.44. The molecule has 0 bridgehead atoms. The van der Waals surface area contributed by atoms with Crippen LogP contribution in [0, 0.1) is 11.8 Å². The first-order chi connectivity index (χ1) is 14.0. The number of anilines is 1. The molecule has 7 heteroatoms. The molecule has 1 aliphatic heterocycles. The van der Waals surface area contributed by atoms with Crippen LogP contribution in [0.4, 0.5) is 5.69 Å². The molecule has 3 amide bonds. The second-order valence-electron chi connectivity index (χ2n) is 7.35. The van der Waals surface area contributed by atoms with Gasteiger partial charge in [0, 0.05) is 18.7 Å². The number of hydrogen-bond donors (Lipinski definition) is 1. The number of allylic oxidation sites excluding steroid dienone is 2. The molecule has 1 saturated heterocycles. The number of fused-ring (bicyclic) bond motifs is 1. The van der Waals surface area contributed by atoms with Crippen LogP contribution in [0.2, 0.25) is 0 Å². The van der Waals surface area contributed by atoms with Crippen molar-refractivity contribution in [1.82, 2.24) is 4.90 Å². The summed E-state index contributed by atoms with van der Waals surface area (Å²) in [6.07, 6.45) is 6.85. The molecule has 1 fully saturated rings. The van der Waals surface area contributed by atoms with E-state index in [-0.39, 0.29) is 42.5 Å². The number of carbonyl (C=O) groups excluding carboxylic acids is 4. The number of imide groups is 1. The monoisotopic (exact) mass is 398 g/mol. The van der Waals surface area contributed by atoms with Gasteiger partial charge in [0.2, 0.25) is 17.7 Å². The molecule has 0 radical (unpaired) electrons. The lowest BCUT2D eigenvalue weighted by molar-refractivity contribution is -0.140. The zero-order valence-electron chi connectivity index (χ0n) is 16.6. The molecular formula is C22H26N2O5. The average Bonchev–Trinajstić information content (AvgIpc) is 2.97. The van der Waals surface area contributed by atoms with Gasteiger partial charge in [0.1, 0.15) is 0 Å². The molecule has 154 valence electrons. The fourth-order valence-corrected chi connectivity index (χ4v) is 3.61. The van der Waals surface area contributed by atoms with E-state index in [0.29, 0.717) is 30.7 Å². The Morgan fingerprint density at radius 1 is 1.07 bits per heavy atom. The molecule has 0 aromatic heterocycles. The first-order valence-corrected chi connectivity index (χ1v) is 10.1. The third kappa shape index (κ3) is 4.91. The summed E-state index contributed by atoms with van der Waals surface area (Å²) in [5.41, 5.74) is 0.959. The van der Waals surface area contributed by atoms with Gasteiger partial charge in [-0.1, -0.05) is 25.5 Å². The molecule has 1 aromatic carbocycles. The fraction of sp³-hybridized carbons (Fsp3) is 0.455. The van der Waals surface area contributed by atoms with Crippen LogP contribution in [0.25, 0.3) is 0 Å². The Kier molecular flexibility index (Phi) is 6.80. The third-order valence-corrected chi connectivity index (χ3v) is 5.30. The van der Waals surface area contributed by atoms with Crippen LogP contribution < -0.4 is 5.32 Å². The summed E-state index contributed by atoms with van der Waals surface area (Å²) >= 11 is 0. The van der Waals surface area contributed by atoms with Gasteiger partial charge in [0.25, 0.3) is 0 Å². The predicted molar refractivity (Wildman–Crippen MR) is 107 cm³/mol. The van der Waals surface area contributed by atoms with Crippen molar-refractivity contribution in [1.29, 1.82) is 0 Å². The van der Waals surface area contributed by atoms with Crippen LogP contribution in [0.3, 0.4) is 0 Å². The highest BCUT2D eigenvalue weighted by Crippen LogP contribution is 2.35. The predicted octanol–water partition coefficient (Wildman–Crippen LogP) is 2.92. The van der Waals surface area contributed by atoms with E-state index in [9.17, 15) is 19.2 Å². The van der Waals surface area contributed by atoms with E-state index in [1.165, 1.54) is 4.90 Å². The van der Waals surface area contributed by atoms with Crippen LogP contribution in [-0.4, -0.2) is 41.7 Å². The number of rotatable bonds is 8. The quantitative estimate of drug-likeness (QED) is 0.315. The number of nitrogens with one attached hydrogen (secondary N) is 1. The van der Waals surface area contributed by atoms with E-state index in [1.54, 1.807) is 24.3 Å². The molecule has 2 atom stereocenters. The minimum absolute atomic E-state index is 0.0329. The minimum Gasteiger partial charge on any atom is -0.462 e. The molecule has 7 nitrogen and oxygen atoms in total. The number of esters is 1. The maximum Gasteiger partial charge on any atom is 0.338 e. The largest absolute Gasteiger partial charge is 0.462 e. The second-order valence-corrected chi connectivity index (χ2v) is 7.35. The van der Waals surface area contributed by atoms with E-state index < -0.39 is 5.97 Å². The Morgan fingerprint density at radius 3 is 2.28 bits per heavy atom. The molecule has 1 aromatic rings. The van der Waals surface area contributed by atoms with Gasteiger partial charge in [-0.2, -0.15) is 0 Å². The van der Waals surface area contributed by atoms with E-state index >= 15 is 0 Å². The molecule has 3 rings (SSSR count). The van der Waals surface area contributed by atoms with Crippen molar-refractivity contribution >= 4 is 29.4 Å². The molecule has 1 aliphatic carbocycles. The third-order valence-electron chi connectivity index (χ3n) is 5.30. The molecule has 0 saturated carbocycles. The lowest BCUT2D eigenvalue weighted by Gasteiger charge is -2.14. The topological polar surface area (TPSA) is 92.8 Å². The smallest absolute Gasteiger partial charge is 0.338 e. The van der Waals surface area contributed by atoms with Crippen molar-refractivity contribution in [3.8, 4) is 0 Å². The number of hydrogen-bond acceptors (Lipinski definition) is 5. The summed E-state index contributed by atoms with van der Waals surface area (Å²) in [7, 11) is 0. The van der Waals surface area contributed by atoms with Gasteiger partial charge in [0.05, 0.1) is 24.0 Å². The minimum atomic E-state index is -0.390. The lowest BCUT2D eigenvalue weighted by atomic mass is 9.85. The maximum atomic E-state index is 12.4. The summed E-state index contributed by atoms with van der Waals surface area (Å²) < 4.78 is 5.15. The number of unbranched alkanes of at least 4 members (excludes halogenated alkanes) is 1. The van der Waals surface area contributed by atoms with Gasteiger partial charge >= 0.3 is 5.97 Å². The molecule has 2 aliphatic rings. The van der Waals surface area contributed by atoms with Crippen molar-refractivity contribution in [2.24, 2.45) is 11.8 Å². The Labute approximate surface area is 170 Å². The van der Waals surface area contributed by atoms with E-state index in [0.717, 1.165) is 12.8 Å². The van der Waals surface area contributed by atoms with Gasteiger partial charge in [-0.15, -0.1) is 0 Å². The fourth-order valence-electron chi connectivity index (χ4n) is 3.61. The highest BCUT2D eigenvalue weighted by molar-refractivity contribution is 6.05. The zero-order valence-corrected chi connectivity index (χ0v) is 16.6. The summed E-state index contributed by atoms with van der Waals surface area (Å²) in [5.74, 6) is -1.60. The van der Waals surface area contributed by atoms with E-state index in [1.807, 2.05) is 19.1 Å². The van der Waals surface area contributed by atoms with Crippen molar-refractivity contribution in [2.45, 2.75) is 39.0 Å². The second kappa shape index (κ2) is 9.49. The number of nitrogens with zero attached hydrogens (tertiary/aromatic N) is 1. The Balaban J connectivity index is 1.48. The number of benzene rings is 1. The summed E-state index contributed by atoms with van der Waals surface area (Å²) in [6.45, 7) is 2.49. The molecule has 29 heavy (non-hydrogen) atoms. The molecule has 0 unspecified atom stereocenters. The van der Waals surface area contributed by atoms with Gasteiger partial charge < -0.3 is 10.1 Å². The molecule has 1 N–H and O–H groups in total. The van der Waals surface area contributed by atoms with Crippen LogP contribution in [-0.2, 0) is 19.1 Å². The van der Waals surface area contributed by atoms with Crippen molar-refractivity contribution < 1.29 is 23.9 Å². The van der Waals surface area contributed by atoms with Gasteiger partial charge in [-0.05, 0) is 43.5 Å². The zero-order chi connectivity index (χ0) is 20.8. The van der Waals surface area contributed by atoms with Crippen molar-refractivity contribution in [3.05, 3.63) is 42.0 Å². The van der Waals surface area contributed by atoms with E-state index in [2.05, 4.69) is 5.32 Å². The van der Waals surface area contributed by atoms with Gasteiger partial charge in [0.15, 0.2) is 0 Å². The van der Waals surface area contributed by atoms with Crippen molar-refractivity contribution in [3.63, 3.8) is 0 Å². The first kappa shape index (κ1) is 20.8. The van der Waals surface area contributed by atoms with Crippen LogP contribution in [0.5, 0.6) is 0 Å². The van der Waals surface area contributed by atoms with E-state index in [4.69, 9.17) is 4.74 Å². The van der Waals surface area contributed by atoms with Crippen LogP contribution >= 0.6 is 0 Å². The van der Waals surface area contributed by atoms with Crippen LogP contribution in [0.15, 0.2) is 36.4 Å². The highest BCUT2D eigenvalue weighted by Gasteiger charge is 2.46. The lowest BCUT2D eigenvalue weighted by Crippen LogP contribution is -2.34. The summed E-state index contributed by atoms with van der Waals surface area (Å²) in [4.78, 5) is 50.2. The SMILES string of the molecule is CCCCOC(=O)c1ccc(NC(=O)CCN2C(=O)[C@H]3CC=CC[C@@H]3C2=O)cc1. The number of ether oxygens (including phenoxy) is 1. The number of likely N-dealkylation sites (tertiary alicyclic amines) is 1. The number of amides is 3. The van der Waals surface area contributed by atoms with Crippen molar-refractivity contribution in [2.75, 3.05) is 18.5 Å². The standard InChI is InChI=1S/C22H26N2O5/c1-2-3-14-29-22(28)15-8-10-16(11-9-15)23-19(25)12-13-24-20(26)17-6-4-5-7-18(17)21(24)27/h4-5,8-11,17-18H,2-3,6-7,12-14H2,1H3,(H,23,25)/t17-,18-/m0/s1. The number of carbonyl (C=O) groups is 4. The van der Waals surface area contributed by atoms with Gasteiger partial charge in [-0.25, -0.2) is 4.79 Å². The normalized spacial score (nSPS) is 20.5. The first-order valence-electron chi connectivity index (χ1n) is 10.1. The Hall–Kier alpha value is -2.96. The van der Waals surface area contributed by atoms with Crippen LogP contribution in [0.1, 0.15) is 49.4 Å². The Bertz CT molecular complexity index is 789. The Morgan fingerprint density at radius 2 is 1.69 bits per heavy atom. The summed E-state index contributed by atoms with van der Waals surface area (Å²) in [5, 5.41) is 2.72. The molecular weight excluding hydrogens is 372 g/mol. The molecule has 0 spiro atoms. The molecule has 1 heterocycles.